The monoisotopic (exact) mass is 301 g/mol. The lowest BCUT2D eigenvalue weighted by Crippen LogP contribution is -2.11. The van der Waals surface area contributed by atoms with Gasteiger partial charge in [0.2, 0.25) is 0 Å². The number of nitrogens with zero attached hydrogens (tertiary/aromatic N) is 3. The van der Waals surface area contributed by atoms with Crippen LogP contribution in [-0.2, 0) is 13.6 Å². The lowest BCUT2D eigenvalue weighted by atomic mass is 10.2. The number of hydrogen-bond donors (Lipinski definition) is 2. The highest BCUT2D eigenvalue weighted by Crippen LogP contribution is 2.26. The Labute approximate surface area is 127 Å². The van der Waals surface area contributed by atoms with E-state index in [-0.39, 0.29) is 0 Å². The summed E-state index contributed by atoms with van der Waals surface area (Å²) in [6, 6.07) is 5.69. The van der Waals surface area contributed by atoms with Gasteiger partial charge in [-0.3, -0.25) is 4.98 Å². The molecule has 0 spiro atoms. The summed E-state index contributed by atoms with van der Waals surface area (Å²) in [5.41, 5.74) is 9.14. The number of pyridine rings is 1. The Hall–Kier alpha value is -2.27. The standard InChI is InChI=1S/C15H16ClN5/c1-9(17)6-18-8-14-20-13-7-19-12-4-3-10(16)5-11(12)15(13)21(14)2/h3-7,18H,8,17H2,1-2H3/b9-6-. The van der Waals surface area contributed by atoms with E-state index in [1.165, 1.54) is 0 Å². The van der Waals surface area contributed by atoms with E-state index in [0.717, 1.165) is 33.5 Å². The minimum Gasteiger partial charge on any atom is -0.401 e. The summed E-state index contributed by atoms with van der Waals surface area (Å²) in [7, 11) is 1.99. The molecule has 0 aliphatic heterocycles. The predicted octanol–water partition coefficient (Wildman–Crippen LogP) is 2.68. The molecule has 2 aromatic heterocycles. The number of aromatic nitrogens is 3. The second-order valence-electron chi connectivity index (χ2n) is 5.01. The average molecular weight is 302 g/mol. The fraction of sp³-hybridized carbons (Fsp3) is 0.200. The van der Waals surface area contributed by atoms with Gasteiger partial charge in [-0.15, -0.1) is 0 Å². The second-order valence-corrected chi connectivity index (χ2v) is 5.45. The maximum atomic E-state index is 6.11. The Kier molecular flexibility index (Phi) is 3.43. The van der Waals surface area contributed by atoms with Crippen molar-refractivity contribution in [3.63, 3.8) is 0 Å². The van der Waals surface area contributed by atoms with E-state index in [4.69, 9.17) is 17.3 Å². The molecule has 108 valence electrons. The van der Waals surface area contributed by atoms with Crippen LogP contribution in [0.5, 0.6) is 0 Å². The fourth-order valence-corrected chi connectivity index (χ4v) is 2.55. The quantitative estimate of drug-likeness (QED) is 0.780. The molecule has 0 aliphatic carbocycles. The van der Waals surface area contributed by atoms with E-state index in [9.17, 15) is 0 Å². The third kappa shape index (κ3) is 2.52. The molecule has 0 bridgehead atoms. The maximum absolute atomic E-state index is 6.11. The molecule has 5 nitrogen and oxygen atoms in total. The van der Waals surface area contributed by atoms with Crippen LogP contribution in [0.2, 0.25) is 5.02 Å². The third-order valence-electron chi connectivity index (χ3n) is 3.34. The molecule has 0 saturated carbocycles. The maximum Gasteiger partial charge on any atom is 0.129 e. The van der Waals surface area contributed by atoms with Crippen molar-refractivity contribution in [2.24, 2.45) is 12.8 Å². The van der Waals surface area contributed by atoms with Gasteiger partial charge in [0.05, 0.1) is 23.8 Å². The van der Waals surface area contributed by atoms with Crippen molar-refractivity contribution in [3.05, 3.63) is 47.1 Å². The van der Waals surface area contributed by atoms with Crippen LogP contribution >= 0.6 is 11.6 Å². The number of rotatable bonds is 3. The van der Waals surface area contributed by atoms with E-state index in [0.29, 0.717) is 11.6 Å². The summed E-state index contributed by atoms with van der Waals surface area (Å²) in [4.78, 5) is 9.04. The van der Waals surface area contributed by atoms with Crippen molar-refractivity contribution in [1.29, 1.82) is 0 Å². The highest BCUT2D eigenvalue weighted by Gasteiger charge is 2.11. The zero-order valence-corrected chi connectivity index (χ0v) is 12.6. The van der Waals surface area contributed by atoms with E-state index in [1.54, 1.807) is 12.4 Å². The number of fused-ring (bicyclic) bond motifs is 3. The number of aryl methyl sites for hydroxylation is 1. The number of nitrogens with two attached hydrogens (primary N) is 1. The number of nitrogens with one attached hydrogen (secondary N) is 1. The van der Waals surface area contributed by atoms with Gasteiger partial charge in [-0.25, -0.2) is 4.98 Å². The van der Waals surface area contributed by atoms with Crippen molar-refractivity contribution < 1.29 is 0 Å². The van der Waals surface area contributed by atoms with Gasteiger partial charge < -0.3 is 15.6 Å². The number of allylic oxidation sites excluding steroid dienone is 1. The summed E-state index contributed by atoms with van der Waals surface area (Å²) in [6.07, 6.45) is 3.56. The molecule has 0 radical (unpaired) electrons. The number of halogens is 1. The number of imidazole rings is 1. The van der Waals surface area contributed by atoms with Crippen molar-refractivity contribution >= 4 is 33.5 Å². The highest BCUT2D eigenvalue weighted by molar-refractivity contribution is 6.31. The van der Waals surface area contributed by atoms with Gasteiger partial charge in [0.15, 0.2) is 0 Å². The van der Waals surface area contributed by atoms with Crippen molar-refractivity contribution in [3.8, 4) is 0 Å². The first-order chi connectivity index (χ1) is 10.1. The smallest absolute Gasteiger partial charge is 0.129 e. The summed E-state index contributed by atoms with van der Waals surface area (Å²) >= 11 is 6.11. The molecule has 0 aliphatic rings. The van der Waals surface area contributed by atoms with Crippen LogP contribution in [0.15, 0.2) is 36.3 Å². The third-order valence-corrected chi connectivity index (χ3v) is 3.58. The van der Waals surface area contributed by atoms with Crippen molar-refractivity contribution in [2.75, 3.05) is 0 Å². The van der Waals surface area contributed by atoms with Crippen LogP contribution in [-0.4, -0.2) is 14.5 Å². The molecule has 6 heteroatoms. The van der Waals surface area contributed by atoms with Crippen LogP contribution in [0.1, 0.15) is 12.7 Å². The Morgan fingerprint density at radius 2 is 2.24 bits per heavy atom. The van der Waals surface area contributed by atoms with Crippen molar-refractivity contribution in [1.82, 2.24) is 19.9 Å². The van der Waals surface area contributed by atoms with Crippen LogP contribution in [0.3, 0.4) is 0 Å². The summed E-state index contributed by atoms with van der Waals surface area (Å²) < 4.78 is 2.06. The average Bonchev–Trinajstić information content (AvgIpc) is 2.75. The van der Waals surface area contributed by atoms with Crippen LogP contribution in [0.4, 0.5) is 0 Å². The largest absolute Gasteiger partial charge is 0.401 e. The van der Waals surface area contributed by atoms with Gasteiger partial charge in [-0.05, 0) is 25.1 Å². The second kappa shape index (κ2) is 5.26. The molecule has 0 unspecified atom stereocenters. The minimum atomic E-state index is 0.599. The number of hydrogen-bond acceptors (Lipinski definition) is 4. The van der Waals surface area contributed by atoms with E-state index in [1.807, 2.05) is 32.2 Å². The first kappa shape index (κ1) is 13.7. The van der Waals surface area contributed by atoms with Gasteiger partial charge in [-0.1, -0.05) is 11.6 Å². The van der Waals surface area contributed by atoms with Crippen LogP contribution in [0.25, 0.3) is 21.9 Å². The van der Waals surface area contributed by atoms with Crippen LogP contribution < -0.4 is 11.1 Å². The highest BCUT2D eigenvalue weighted by atomic mass is 35.5. The van der Waals surface area contributed by atoms with Gasteiger partial charge in [0.1, 0.15) is 11.3 Å². The fourth-order valence-electron chi connectivity index (χ4n) is 2.38. The van der Waals surface area contributed by atoms with Gasteiger partial charge in [0, 0.05) is 29.4 Å². The Morgan fingerprint density at radius 3 is 3.00 bits per heavy atom. The summed E-state index contributed by atoms with van der Waals surface area (Å²) in [5.74, 6) is 0.914. The Bertz CT molecular complexity index is 846. The molecule has 0 amide bonds. The Morgan fingerprint density at radius 1 is 1.43 bits per heavy atom. The minimum absolute atomic E-state index is 0.599. The van der Waals surface area contributed by atoms with Gasteiger partial charge >= 0.3 is 0 Å². The molecule has 3 aromatic rings. The van der Waals surface area contributed by atoms with Crippen LogP contribution in [0, 0.1) is 0 Å². The Balaban J connectivity index is 2.13. The molecular weight excluding hydrogens is 286 g/mol. The molecule has 3 rings (SSSR count). The summed E-state index contributed by atoms with van der Waals surface area (Å²) in [5, 5.41) is 4.85. The molecule has 1 aromatic carbocycles. The lowest BCUT2D eigenvalue weighted by molar-refractivity contribution is 0.741. The molecule has 21 heavy (non-hydrogen) atoms. The van der Waals surface area contributed by atoms with E-state index in [2.05, 4.69) is 19.9 Å². The topological polar surface area (TPSA) is 68.8 Å². The predicted molar refractivity (Wildman–Crippen MR) is 85.8 cm³/mol. The van der Waals surface area contributed by atoms with Gasteiger partial charge in [-0.2, -0.15) is 0 Å². The van der Waals surface area contributed by atoms with E-state index >= 15 is 0 Å². The molecule has 3 N–H and O–H groups in total. The van der Waals surface area contributed by atoms with Gasteiger partial charge in [0.25, 0.3) is 0 Å². The molecular formula is C15H16ClN5. The normalized spacial score (nSPS) is 12.2. The molecule has 0 saturated heterocycles. The lowest BCUT2D eigenvalue weighted by Gasteiger charge is -2.05. The summed E-state index contributed by atoms with van der Waals surface area (Å²) in [6.45, 7) is 2.43. The van der Waals surface area contributed by atoms with E-state index < -0.39 is 0 Å². The first-order valence-electron chi connectivity index (χ1n) is 6.61. The molecule has 2 heterocycles. The zero-order chi connectivity index (χ0) is 15.0. The van der Waals surface area contributed by atoms with Crippen molar-refractivity contribution in [2.45, 2.75) is 13.5 Å². The zero-order valence-electron chi connectivity index (χ0n) is 11.9. The number of benzene rings is 1. The molecule has 0 atom stereocenters. The molecule has 0 fully saturated rings. The SMILES string of the molecule is C/C(N)=C/NCc1nc2cnc3ccc(Cl)cc3c2n1C. The first-order valence-corrected chi connectivity index (χ1v) is 6.99.